The third-order valence-corrected chi connectivity index (χ3v) is 15.5. The zero-order valence-electron chi connectivity index (χ0n) is 53.4. The molecular weight excluding hydrogens is 1230 g/mol. The third kappa shape index (κ3) is 57.3. The van der Waals surface area contributed by atoms with Crippen LogP contribution in [0.1, 0.15) is 233 Å². The molecule has 3 aromatic rings. The second-order valence-electron chi connectivity index (χ2n) is 22.2. The molecule has 0 aromatic heterocycles. The molecule has 14 heteroatoms. The van der Waals surface area contributed by atoms with Gasteiger partial charge in [0.2, 0.25) is 0 Å². The van der Waals surface area contributed by atoms with E-state index in [4.69, 9.17) is 25.4 Å². The van der Waals surface area contributed by atoms with Crippen LogP contribution < -0.4 is 16.0 Å². The standard InChI is InChI=1S/C54H100N2O5.C8H11NO.C6H5I.C2H7NO.ClH.Cu/c1-5-9-13-17-19-26-36-50(34-24-15-11-7-3)48-60-53(58)40-30-22-32-42-55(44-45-56(46-47-57)52-38-28-21-29-39-52)43-33-23-31-41-54(59)61-49-51(35-25-16-12-8-4)37-27-20-18-14-10-6-2;10-7-6-9-8-4-2-1-3-5-8;7-6-4-2-1-3-5-6;3-1-2-4;;/h21,28-29,38-39,50-51,57H,5-20,22-27,30-37,40-49H2,1-4H3;1-5,9-10H,6-7H2;1-5H;4H,1-3H2;1H;/q;;;;;+1/p-1. The van der Waals surface area contributed by atoms with Gasteiger partial charge in [-0.25, -0.2) is 0 Å². The first-order valence-corrected chi connectivity index (χ1v) is 35.6. The van der Waals surface area contributed by atoms with Gasteiger partial charge in [0.15, 0.2) is 0 Å². The number of unbranched alkanes of at least 4 members (excludes halogenated alkanes) is 20. The number of ether oxygens (including phenoxy) is 2. The van der Waals surface area contributed by atoms with Crippen molar-refractivity contribution in [3.8, 4) is 0 Å². The van der Waals surface area contributed by atoms with Crippen LogP contribution >= 0.6 is 32.7 Å². The molecule has 0 aliphatic heterocycles. The molecule has 0 radical (unpaired) electrons. The third-order valence-electron chi connectivity index (χ3n) is 14.8. The molecule has 0 fully saturated rings. The summed E-state index contributed by atoms with van der Waals surface area (Å²) in [6, 6.07) is 30.4. The second kappa shape index (κ2) is 68.0. The van der Waals surface area contributed by atoms with Crippen molar-refractivity contribution in [1.29, 1.82) is 0 Å². The van der Waals surface area contributed by atoms with Crippen molar-refractivity contribution in [2.45, 2.75) is 233 Å². The van der Waals surface area contributed by atoms with Crippen LogP contribution in [-0.4, -0.2) is 111 Å². The SMILES string of the molecule is CCCCCCCCC(CCCCCC)COC(=O)CCCCCN(CCCCCC(=O)OCC(CCCCCC)CCCCCCCC)CCN(CCO)c1ccccc1.Ic1ccccc1.NCCO.OCCNc1ccccc1.[Cl][Cu]. The molecule has 3 aromatic carbocycles. The van der Waals surface area contributed by atoms with Crippen molar-refractivity contribution >= 4 is 56.0 Å². The zero-order chi connectivity index (χ0) is 62.0. The van der Waals surface area contributed by atoms with Gasteiger partial charge in [-0.3, -0.25) is 9.59 Å². The Morgan fingerprint density at radius 2 is 0.857 bits per heavy atom. The average Bonchev–Trinajstić information content (AvgIpc) is 3.55. The molecule has 0 heterocycles. The molecule has 0 amide bonds. The number of nitrogens with two attached hydrogens (primary N) is 1. The molecule has 0 spiro atoms. The quantitative estimate of drug-likeness (QED) is 0.0159. The molecule has 0 aliphatic carbocycles. The molecule has 3 rings (SSSR count). The van der Waals surface area contributed by atoms with Crippen LogP contribution in [0.3, 0.4) is 0 Å². The Kier molecular flexibility index (Phi) is 67.7. The van der Waals surface area contributed by atoms with E-state index in [0.29, 0.717) is 57.5 Å². The van der Waals surface area contributed by atoms with E-state index in [1.54, 1.807) is 0 Å². The van der Waals surface area contributed by atoms with Crippen LogP contribution in [0.2, 0.25) is 0 Å². The van der Waals surface area contributed by atoms with E-state index in [1.165, 1.54) is 158 Å². The summed E-state index contributed by atoms with van der Waals surface area (Å²) in [5.41, 5.74) is 6.97. The summed E-state index contributed by atoms with van der Waals surface area (Å²) >= 11 is 5.94. The van der Waals surface area contributed by atoms with Crippen LogP contribution in [0.5, 0.6) is 0 Å². The number of hydrogen-bond acceptors (Lipinski definition) is 11. The van der Waals surface area contributed by atoms with E-state index in [0.717, 1.165) is 76.1 Å². The average molecular weight is 1360 g/mol. The number of rotatable bonds is 50. The number of aliphatic hydroxyl groups is 3. The minimum atomic E-state index is -0.0281. The van der Waals surface area contributed by atoms with Gasteiger partial charge in [-0.2, -0.15) is 0 Å². The fourth-order valence-corrected chi connectivity index (χ4v) is 10.2. The van der Waals surface area contributed by atoms with Gasteiger partial charge in [-0.05, 0) is 135 Å². The van der Waals surface area contributed by atoms with E-state index < -0.39 is 0 Å². The van der Waals surface area contributed by atoms with Crippen molar-refractivity contribution in [3.63, 3.8) is 0 Å². The van der Waals surface area contributed by atoms with Gasteiger partial charge in [0.25, 0.3) is 0 Å². The minimum absolute atomic E-state index is 0.0281. The second-order valence-corrected chi connectivity index (χ2v) is 23.5. The van der Waals surface area contributed by atoms with Gasteiger partial charge < -0.3 is 45.6 Å². The fraction of sp³-hybridized carbons (Fsp3) is 0.714. The number of benzene rings is 3. The van der Waals surface area contributed by atoms with Crippen LogP contribution in [0.25, 0.3) is 0 Å². The van der Waals surface area contributed by atoms with E-state index in [-0.39, 0.29) is 31.8 Å². The Balaban J connectivity index is 0. The maximum absolute atomic E-state index is 12.8. The van der Waals surface area contributed by atoms with Crippen LogP contribution in [0.4, 0.5) is 11.4 Å². The number of nitrogens with one attached hydrogen (secondary N) is 1. The van der Waals surface area contributed by atoms with E-state index in [2.05, 4.69) is 127 Å². The normalized spacial score (nSPS) is 11.3. The predicted octanol–water partition coefficient (Wildman–Crippen LogP) is 17.7. The number of carbonyl (C=O) groups excluding carboxylic acids is 2. The van der Waals surface area contributed by atoms with Crippen molar-refractivity contribution in [1.82, 2.24) is 4.90 Å². The first-order valence-electron chi connectivity index (χ1n) is 33.2. The molecule has 0 saturated heterocycles. The van der Waals surface area contributed by atoms with Gasteiger partial charge in [0.05, 0.1) is 33.0 Å². The number of esters is 2. The van der Waals surface area contributed by atoms with Gasteiger partial charge in [-0.15, -0.1) is 0 Å². The monoisotopic (exact) mass is 1360 g/mol. The summed E-state index contributed by atoms with van der Waals surface area (Å²) in [6.07, 6.45) is 37.5. The number of hydrogen-bond donors (Lipinski definition) is 5. The molecule has 6 N–H and O–H groups in total. The maximum atomic E-state index is 12.8. The molecule has 490 valence electrons. The van der Waals surface area contributed by atoms with Gasteiger partial charge >= 0.3 is 37.1 Å². The Bertz CT molecular complexity index is 1710. The Morgan fingerprint density at radius 3 is 1.23 bits per heavy atom. The van der Waals surface area contributed by atoms with Crippen molar-refractivity contribution < 1.29 is 49.5 Å². The summed E-state index contributed by atoms with van der Waals surface area (Å²) in [6.45, 7) is 16.0. The summed E-state index contributed by atoms with van der Waals surface area (Å²) in [7, 11) is 4.20. The molecule has 0 saturated carbocycles. The number of nitrogens with zero attached hydrogens (tertiary/aromatic N) is 2. The number of carbonyl (C=O) groups is 2. The Labute approximate surface area is 541 Å². The summed E-state index contributed by atoms with van der Waals surface area (Å²) in [5, 5.41) is 29.1. The molecule has 0 bridgehead atoms. The summed E-state index contributed by atoms with van der Waals surface area (Å²) in [5.74, 6) is 0.952. The van der Waals surface area contributed by atoms with Crippen molar-refractivity contribution in [2.75, 3.05) is 89.1 Å². The number of aliphatic hydroxyl groups excluding tert-OH is 3. The molecule has 11 nitrogen and oxygen atoms in total. The fourth-order valence-electron chi connectivity index (χ4n) is 9.80. The Morgan fingerprint density at radius 1 is 0.488 bits per heavy atom. The molecule has 2 atom stereocenters. The van der Waals surface area contributed by atoms with E-state index in [9.17, 15) is 14.7 Å². The molecule has 84 heavy (non-hydrogen) atoms. The predicted molar refractivity (Wildman–Crippen MR) is 365 cm³/mol. The first-order chi connectivity index (χ1) is 41.2. The van der Waals surface area contributed by atoms with Crippen LogP contribution in [-0.2, 0) is 34.2 Å². The molecule has 2 unspecified atom stereocenters. The molecular formula is C70H123ClCuIN4O7. The zero-order valence-corrected chi connectivity index (χ0v) is 57.3. The first kappa shape index (κ1) is 83.6. The Hall–Kier alpha value is -2.46. The van der Waals surface area contributed by atoms with Crippen LogP contribution in [0.15, 0.2) is 91.0 Å². The number of halogens is 2. The van der Waals surface area contributed by atoms with Crippen molar-refractivity contribution in [2.24, 2.45) is 17.6 Å². The van der Waals surface area contributed by atoms with Gasteiger partial charge in [0.1, 0.15) is 0 Å². The summed E-state index contributed by atoms with van der Waals surface area (Å²) in [4.78, 5) is 30.5. The van der Waals surface area contributed by atoms with Crippen molar-refractivity contribution in [3.05, 3.63) is 94.6 Å². The van der Waals surface area contributed by atoms with E-state index in [1.807, 2.05) is 54.6 Å². The van der Waals surface area contributed by atoms with Gasteiger partial charge in [-0.1, -0.05) is 224 Å². The van der Waals surface area contributed by atoms with Crippen LogP contribution in [0, 0.1) is 15.4 Å². The van der Waals surface area contributed by atoms with E-state index >= 15 is 0 Å². The summed E-state index contributed by atoms with van der Waals surface area (Å²) < 4.78 is 13.1. The molecule has 0 aliphatic rings. The number of anilines is 2. The van der Waals surface area contributed by atoms with Gasteiger partial charge in [0, 0.05) is 60.5 Å². The topological polar surface area (TPSA) is 158 Å². The number of para-hydroxylation sites is 2.